The highest BCUT2D eigenvalue weighted by Gasteiger charge is 2.17. The molecule has 1 aromatic carbocycles. The number of rotatable bonds is 5. The fourth-order valence-corrected chi connectivity index (χ4v) is 1.75. The summed E-state index contributed by atoms with van der Waals surface area (Å²) in [6, 6.07) is 6.00. The van der Waals surface area contributed by atoms with Gasteiger partial charge in [0.25, 0.3) is 0 Å². The third kappa shape index (κ3) is 4.65. The first-order chi connectivity index (χ1) is 8.81. The highest BCUT2D eigenvalue weighted by molar-refractivity contribution is 5.93. The molecule has 0 aromatic heterocycles. The van der Waals surface area contributed by atoms with Crippen molar-refractivity contribution < 1.29 is 4.79 Å². The van der Waals surface area contributed by atoms with E-state index in [-0.39, 0.29) is 17.9 Å². The molecule has 1 aromatic rings. The Labute approximate surface area is 116 Å². The normalized spacial score (nSPS) is 14.3. The first-order valence-corrected chi connectivity index (χ1v) is 6.62. The zero-order valence-electron chi connectivity index (χ0n) is 12.5. The maximum atomic E-state index is 12.0. The highest BCUT2D eigenvalue weighted by Crippen LogP contribution is 2.19. The molecule has 4 nitrogen and oxygen atoms in total. The Kier molecular flexibility index (Phi) is 5.51. The van der Waals surface area contributed by atoms with Gasteiger partial charge in [0, 0.05) is 18.3 Å². The maximum Gasteiger partial charge on any atom is 0.228 e. The van der Waals surface area contributed by atoms with Crippen molar-refractivity contribution in [3.05, 3.63) is 29.3 Å². The Morgan fingerprint density at radius 3 is 2.53 bits per heavy atom. The number of hydrogen-bond donors (Lipinski definition) is 2. The summed E-state index contributed by atoms with van der Waals surface area (Å²) in [5.41, 5.74) is 8.87. The summed E-state index contributed by atoms with van der Waals surface area (Å²) in [5, 5.41) is 2.97. The number of carbonyl (C=O) groups is 1. The second-order valence-electron chi connectivity index (χ2n) is 5.52. The van der Waals surface area contributed by atoms with Gasteiger partial charge in [0.05, 0.1) is 5.92 Å². The molecule has 0 aliphatic carbocycles. The first kappa shape index (κ1) is 15.7. The Bertz CT molecular complexity index is 441. The number of anilines is 1. The molecule has 19 heavy (non-hydrogen) atoms. The number of amides is 1. The van der Waals surface area contributed by atoms with Gasteiger partial charge >= 0.3 is 0 Å². The van der Waals surface area contributed by atoms with E-state index >= 15 is 0 Å². The molecule has 0 spiro atoms. The van der Waals surface area contributed by atoms with Crippen LogP contribution in [0.2, 0.25) is 0 Å². The molecule has 2 atom stereocenters. The van der Waals surface area contributed by atoms with Crippen molar-refractivity contribution in [1.29, 1.82) is 0 Å². The van der Waals surface area contributed by atoms with E-state index in [1.165, 1.54) is 5.56 Å². The molecule has 1 rings (SSSR count). The summed E-state index contributed by atoms with van der Waals surface area (Å²) < 4.78 is 0. The molecular weight excluding hydrogens is 238 g/mol. The van der Waals surface area contributed by atoms with Gasteiger partial charge in [-0.05, 0) is 45.1 Å². The molecule has 0 aliphatic rings. The molecule has 0 radical (unpaired) electrons. The van der Waals surface area contributed by atoms with Crippen molar-refractivity contribution in [1.82, 2.24) is 4.90 Å². The van der Waals surface area contributed by atoms with Gasteiger partial charge in [-0.2, -0.15) is 0 Å². The lowest BCUT2D eigenvalue weighted by atomic mass is 10.0. The molecule has 4 heteroatoms. The van der Waals surface area contributed by atoms with Crippen molar-refractivity contribution in [3.8, 4) is 0 Å². The number of nitrogens with zero attached hydrogens (tertiary/aromatic N) is 1. The van der Waals surface area contributed by atoms with Crippen molar-refractivity contribution in [2.45, 2.75) is 33.4 Å². The van der Waals surface area contributed by atoms with Crippen LogP contribution in [0.5, 0.6) is 0 Å². The third-order valence-electron chi connectivity index (χ3n) is 3.26. The fourth-order valence-electron chi connectivity index (χ4n) is 1.75. The molecule has 0 saturated carbocycles. The quantitative estimate of drug-likeness (QED) is 0.854. The molecule has 1 amide bonds. The van der Waals surface area contributed by atoms with E-state index in [1.807, 2.05) is 47.0 Å². The van der Waals surface area contributed by atoms with Crippen LogP contribution in [0.15, 0.2) is 18.2 Å². The van der Waals surface area contributed by atoms with Gasteiger partial charge in [-0.25, -0.2) is 0 Å². The van der Waals surface area contributed by atoms with Crippen molar-refractivity contribution >= 4 is 11.6 Å². The molecule has 0 bridgehead atoms. The Morgan fingerprint density at radius 1 is 1.37 bits per heavy atom. The summed E-state index contributed by atoms with van der Waals surface area (Å²) in [5.74, 6) is -0.225. The SMILES string of the molecule is Cc1ccc(CN(C)C)cc1NC(=O)C(C)C(C)N. The number of aryl methyl sites for hydroxylation is 1. The molecule has 2 unspecified atom stereocenters. The van der Waals surface area contributed by atoms with Crippen LogP contribution in [0.4, 0.5) is 5.69 Å². The molecule has 0 aliphatic heterocycles. The van der Waals surface area contributed by atoms with Gasteiger partial charge in [-0.3, -0.25) is 4.79 Å². The first-order valence-electron chi connectivity index (χ1n) is 6.62. The van der Waals surface area contributed by atoms with E-state index in [4.69, 9.17) is 5.73 Å². The number of nitrogens with two attached hydrogens (primary N) is 1. The second kappa shape index (κ2) is 6.68. The Hall–Kier alpha value is -1.39. The molecule has 0 saturated heterocycles. The average molecular weight is 263 g/mol. The molecule has 106 valence electrons. The van der Waals surface area contributed by atoms with Crippen LogP contribution in [0.3, 0.4) is 0 Å². The molecule has 0 heterocycles. The topological polar surface area (TPSA) is 58.4 Å². The second-order valence-corrected chi connectivity index (χ2v) is 5.52. The van der Waals surface area contributed by atoms with E-state index in [0.29, 0.717) is 0 Å². The smallest absolute Gasteiger partial charge is 0.228 e. The van der Waals surface area contributed by atoms with E-state index < -0.39 is 0 Å². The van der Waals surface area contributed by atoms with Crippen molar-refractivity contribution in [2.75, 3.05) is 19.4 Å². The largest absolute Gasteiger partial charge is 0.327 e. The predicted octanol–water partition coefficient (Wildman–Crippen LogP) is 1.98. The Balaban J connectivity index is 2.85. The van der Waals surface area contributed by atoms with E-state index in [9.17, 15) is 4.79 Å². The standard InChI is InChI=1S/C15H25N3O/c1-10-6-7-13(9-18(4)5)8-14(10)17-15(19)11(2)12(3)16/h6-8,11-12H,9,16H2,1-5H3,(H,17,19). The number of nitrogens with one attached hydrogen (secondary N) is 1. The Morgan fingerprint density at radius 2 is 2.00 bits per heavy atom. The number of benzene rings is 1. The third-order valence-corrected chi connectivity index (χ3v) is 3.26. The van der Waals surface area contributed by atoms with E-state index in [1.54, 1.807) is 0 Å². The molecule has 0 fully saturated rings. The van der Waals surface area contributed by atoms with Crippen molar-refractivity contribution in [2.24, 2.45) is 11.7 Å². The van der Waals surface area contributed by atoms with Crippen LogP contribution in [0.1, 0.15) is 25.0 Å². The van der Waals surface area contributed by atoms with E-state index in [2.05, 4.69) is 16.3 Å². The maximum absolute atomic E-state index is 12.0. The van der Waals surface area contributed by atoms with Gasteiger partial charge in [0.2, 0.25) is 5.91 Å². The summed E-state index contributed by atoms with van der Waals surface area (Å²) in [4.78, 5) is 14.1. The molecule has 3 N–H and O–H groups in total. The van der Waals surface area contributed by atoms with Crippen LogP contribution in [-0.2, 0) is 11.3 Å². The van der Waals surface area contributed by atoms with Gasteiger partial charge < -0.3 is 16.0 Å². The van der Waals surface area contributed by atoms with Crippen LogP contribution in [-0.4, -0.2) is 30.9 Å². The minimum absolute atomic E-state index is 0.0277. The zero-order valence-corrected chi connectivity index (χ0v) is 12.5. The lowest BCUT2D eigenvalue weighted by molar-refractivity contribution is -0.119. The summed E-state index contributed by atoms with van der Waals surface area (Å²) in [6.07, 6.45) is 0. The van der Waals surface area contributed by atoms with E-state index in [0.717, 1.165) is 17.8 Å². The van der Waals surface area contributed by atoms with Crippen LogP contribution >= 0.6 is 0 Å². The van der Waals surface area contributed by atoms with Gasteiger partial charge in [-0.15, -0.1) is 0 Å². The van der Waals surface area contributed by atoms with Crippen LogP contribution in [0, 0.1) is 12.8 Å². The van der Waals surface area contributed by atoms with Crippen molar-refractivity contribution in [3.63, 3.8) is 0 Å². The van der Waals surface area contributed by atoms with Gasteiger partial charge in [-0.1, -0.05) is 19.1 Å². The lowest BCUT2D eigenvalue weighted by Crippen LogP contribution is -2.34. The van der Waals surface area contributed by atoms with Crippen LogP contribution < -0.4 is 11.1 Å². The monoisotopic (exact) mass is 263 g/mol. The van der Waals surface area contributed by atoms with Gasteiger partial charge in [0.15, 0.2) is 0 Å². The fraction of sp³-hybridized carbons (Fsp3) is 0.533. The zero-order chi connectivity index (χ0) is 14.6. The minimum atomic E-state index is -0.197. The summed E-state index contributed by atoms with van der Waals surface area (Å²) in [7, 11) is 4.05. The predicted molar refractivity (Wildman–Crippen MR) is 80.0 cm³/mol. The molecular formula is C15H25N3O. The average Bonchev–Trinajstić information content (AvgIpc) is 2.31. The lowest BCUT2D eigenvalue weighted by Gasteiger charge is -2.18. The summed E-state index contributed by atoms with van der Waals surface area (Å²) in [6.45, 7) is 6.54. The number of carbonyl (C=O) groups excluding carboxylic acids is 1. The highest BCUT2D eigenvalue weighted by atomic mass is 16.1. The summed E-state index contributed by atoms with van der Waals surface area (Å²) >= 11 is 0. The minimum Gasteiger partial charge on any atom is -0.327 e. The van der Waals surface area contributed by atoms with Crippen LogP contribution in [0.25, 0.3) is 0 Å². The number of hydrogen-bond acceptors (Lipinski definition) is 3. The van der Waals surface area contributed by atoms with Gasteiger partial charge in [0.1, 0.15) is 0 Å².